The largest absolute Gasteiger partial charge is 0.507 e. The van der Waals surface area contributed by atoms with E-state index in [4.69, 9.17) is 0 Å². The number of Topliss-reactive ketones (excluding diaryl/α,β-unsaturated/α-hetero) is 1. The van der Waals surface area contributed by atoms with Crippen LogP contribution < -0.4 is 20.7 Å². The Morgan fingerprint density at radius 1 is 0.647 bits per heavy atom. The van der Waals surface area contributed by atoms with Gasteiger partial charge in [-0.15, -0.1) is 0 Å². The lowest BCUT2D eigenvalue weighted by molar-refractivity contribution is -0.142. The second kappa shape index (κ2) is 29.4. The Morgan fingerprint density at radius 3 is 1.69 bits per heavy atom. The third-order valence-electron chi connectivity index (χ3n) is 12.0. The number of carbonyl (C=O) groups excluding carboxylic acids is 7. The minimum atomic E-state index is -3.81. The summed E-state index contributed by atoms with van der Waals surface area (Å²) in [5, 5.41) is 39.4. The molecule has 0 unspecified atom stereocenters. The summed E-state index contributed by atoms with van der Waals surface area (Å²) in [6, 6.07) is 3.38. The molecule has 0 heterocycles. The van der Waals surface area contributed by atoms with Crippen molar-refractivity contribution in [2.24, 2.45) is 5.92 Å². The molecule has 0 spiro atoms. The fraction of sp³-hybridized carbons (Fsp3) is 0.612. The van der Waals surface area contributed by atoms with Crippen molar-refractivity contribution in [3.05, 3.63) is 47.5 Å². The van der Waals surface area contributed by atoms with Gasteiger partial charge in [-0.2, -0.15) is 0 Å². The summed E-state index contributed by atoms with van der Waals surface area (Å²) in [6.07, 6.45) is 16.1. The van der Waals surface area contributed by atoms with Crippen LogP contribution in [0, 0.1) is 5.92 Å². The molecule has 0 saturated carbocycles. The van der Waals surface area contributed by atoms with Crippen LogP contribution in [0.2, 0.25) is 0 Å². The highest BCUT2D eigenvalue weighted by atomic mass is 32.2. The van der Waals surface area contributed by atoms with Crippen LogP contribution in [0.3, 0.4) is 0 Å². The number of nitrogens with one attached hydrogen (secondary N) is 4. The van der Waals surface area contributed by atoms with E-state index >= 15 is 0 Å². The van der Waals surface area contributed by atoms with Crippen molar-refractivity contribution >= 4 is 51.2 Å². The van der Waals surface area contributed by atoms with Crippen molar-refractivity contribution in [1.29, 1.82) is 0 Å². The first kappa shape index (κ1) is 58.6. The molecule has 0 fully saturated rings. The summed E-state index contributed by atoms with van der Waals surface area (Å²) in [5.41, 5.74) is 0.728. The number of hydrogen-bond acceptors (Lipinski definition) is 12. The topological polar surface area (TPSA) is 269 Å². The molecule has 2 aromatic rings. The number of rotatable bonds is 31. The highest BCUT2D eigenvalue weighted by Crippen LogP contribution is 2.39. The number of nitrogens with zero attached hydrogens (tertiary/aromatic N) is 2. The van der Waals surface area contributed by atoms with E-state index in [0.717, 1.165) is 35.3 Å². The van der Waals surface area contributed by atoms with E-state index < -0.39 is 82.8 Å². The third kappa shape index (κ3) is 20.0. The molecule has 0 aromatic heterocycles. The van der Waals surface area contributed by atoms with E-state index in [2.05, 4.69) is 22.9 Å². The van der Waals surface area contributed by atoms with Gasteiger partial charge in [0.15, 0.2) is 5.78 Å². The SMILES string of the molecule is CCCCCCCCCCCCCCCC(=O)N(C)[C@H](CO)C(=O)N[C@H](C)C(=O)NCC(=O)N(C)[C@H](C(=O)N[C@@H](C)C(C)=O)c1ccc(O)c(-c2cc(C[C@H](C)C(=O)NS(C)(=O)=O)ccc2O)c1. The third-order valence-corrected chi connectivity index (χ3v) is 12.5. The average Bonchev–Trinajstić information content (AvgIpc) is 3.27. The number of aliphatic hydroxyl groups is 1. The van der Waals surface area contributed by atoms with Gasteiger partial charge in [-0.3, -0.25) is 38.3 Å². The maximum Gasteiger partial charge on any atom is 0.248 e. The van der Waals surface area contributed by atoms with E-state index in [0.29, 0.717) is 12.0 Å². The average molecular weight is 973 g/mol. The van der Waals surface area contributed by atoms with Crippen LogP contribution in [-0.4, -0.2) is 126 Å². The van der Waals surface area contributed by atoms with Gasteiger partial charge in [-0.25, -0.2) is 8.42 Å². The van der Waals surface area contributed by atoms with Crippen molar-refractivity contribution in [2.75, 3.05) is 33.5 Å². The fourth-order valence-electron chi connectivity index (χ4n) is 7.52. The number of sulfonamides is 1. The van der Waals surface area contributed by atoms with Gasteiger partial charge in [0.2, 0.25) is 45.5 Å². The van der Waals surface area contributed by atoms with Gasteiger partial charge in [0.1, 0.15) is 29.6 Å². The van der Waals surface area contributed by atoms with Crippen LogP contribution in [0.15, 0.2) is 36.4 Å². The summed E-state index contributed by atoms with van der Waals surface area (Å²) in [5.74, 6) is -6.00. The first-order valence-electron chi connectivity index (χ1n) is 23.7. The number of ketones is 1. The van der Waals surface area contributed by atoms with Crippen LogP contribution >= 0.6 is 0 Å². The number of aromatic hydroxyl groups is 2. The molecule has 0 aliphatic carbocycles. The van der Waals surface area contributed by atoms with Crippen LogP contribution in [-0.2, 0) is 50.0 Å². The van der Waals surface area contributed by atoms with Gasteiger partial charge in [0, 0.05) is 37.6 Å². The minimum Gasteiger partial charge on any atom is -0.507 e. The molecule has 6 amide bonds. The van der Waals surface area contributed by atoms with Gasteiger partial charge in [0.05, 0.1) is 25.4 Å². The van der Waals surface area contributed by atoms with Crippen LogP contribution in [0.4, 0.5) is 0 Å². The van der Waals surface area contributed by atoms with Crippen LogP contribution in [0.5, 0.6) is 11.5 Å². The summed E-state index contributed by atoms with van der Waals surface area (Å²) < 4.78 is 25.1. The first-order chi connectivity index (χ1) is 32.0. The summed E-state index contributed by atoms with van der Waals surface area (Å²) in [6.45, 7) is 6.47. The number of phenols is 2. The van der Waals surface area contributed by atoms with E-state index in [9.17, 15) is 57.3 Å². The van der Waals surface area contributed by atoms with Gasteiger partial charge in [-0.1, -0.05) is 103 Å². The molecule has 18 nitrogen and oxygen atoms in total. The number of phenolic OH excluding ortho intramolecular Hbond substituents is 2. The Labute approximate surface area is 402 Å². The van der Waals surface area contributed by atoms with Crippen molar-refractivity contribution in [3.8, 4) is 22.6 Å². The molecule has 2 rings (SSSR count). The summed E-state index contributed by atoms with van der Waals surface area (Å²) in [7, 11) is -1.11. The van der Waals surface area contributed by atoms with Gasteiger partial charge in [0.25, 0.3) is 0 Å². The number of unbranched alkanes of at least 4 members (excludes halogenated alkanes) is 12. The second-order valence-corrected chi connectivity index (χ2v) is 19.6. The zero-order chi connectivity index (χ0) is 51.1. The molecule has 68 heavy (non-hydrogen) atoms. The zero-order valence-corrected chi connectivity index (χ0v) is 42.0. The Kier molecular flexibility index (Phi) is 25.3. The molecule has 380 valence electrons. The summed E-state index contributed by atoms with van der Waals surface area (Å²) >= 11 is 0. The van der Waals surface area contributed by atoms with Gasteiger partial charge >= 0.3 is 0 Å². The quantitative estimate of drug-likeness (QED) is 0.0514. The predicted octanol–water partition coefficient (Wildman–Crippen LogP) is 4.53. The van der Waals surface area contributed by atoms with E-state index in [1.165, 1.54) is 136 Å². The molecule has 2 aromatic carbocycles. The molecule has 0 aliphatic heterocycles. The normalized spacial score (nSPS) is 13.5. The standard InChI is InChI=1S/C49H76N6O12S/c1-9-10-11-12-13-14-15-16-17-18-19-20-21-22-43(60)54(6)40(31-56)48(64)52-34(4)47(63)50-30-44(61)55(7)45(49(65)51-33(3)35(5)57)37-24-26-42(59)39(29-37)38-28-36(23-25-41(38)58)27-32(2)46(62)53-68(8,66)67/h23-26,28-29,32-34,40,45,56,58-59H,9-22,27,30-31H2,1-8H3,(H,50,63)(H,51,65)(H,52,64)(H,53,62)/t32-,33-,34+,40+,45-/m0/s1. The fourth-order valence-corrected chi connectivity index (χ4v) is 8.09. The number of aliphatic hydroxyl groups excluding tert-OH is 1. The number of likely N-dealkylation sites (N-methyl/N-ethyl adjacent to an activating group) is 2. The molecule has 7 N–H and O–H groups in total. The molecule has 0 radical (unpaired) electrons. The minimum absolute atomic E-state index is 0.0272. The smallest absolute Gasteiger partial charge is 0.248 e. The van der Waals surface area contributed by atoms with Gasteiger partial charge < -0.3 is 41.1 Å². The molecule has 0 bridgehead atoms. The van der Waals surface area contributed by atoms with E-state index in [1.54, 1.807) is 0 Å². The van der Waals surface area contributed by atoms with Crippen molar-refractivity contribution < 1.29 is 57.3 Å². The van der Waals surface area contributed by atoms with E-state index in [-0.39, 0.29) is 52.7 Å². The van der Waals surface area contributed by atoms with Crippen molar-refractivity contribution in [3.63, 3.8) is 0 Å². The lowest BCUT2D eigenvalue weighted by atomic mass is 9.93. The lowest BCUT2D eigenvalue weighted by Crippen LogP contribution is -2.55. The molecular formula is C49H76N6O12S. The van der Waals surface area contributed by atoms with Gasteiger partial charge in [-0.05, 0) is 69.0 Å². The van der Waals surface area contributed by atoms with Crippen molar-refractivity contribution in [1.82, 2.24) is 30.5 Å². The van der Waals surface area contributed by atoms with Crippen LogP contribution in [0.1, 0.15) is 142 Å². The summed E-state index contributed by atoms with van der Waals surface area (Å²) in [4.78, 5) is 93.6. The lowest BCUT2D eigenvalue weighted by Gasteiger charge is -2.29. The molecule has 0 saturated heterocycles. The van der Waals surface area contributed by atoms with Crippen LogP contribution in [0.25, 0.3) is 11.1 Å². The first-order valence-corrected chi connectivity index (χ1v) is 25.6. The number of carbonyl (C=O) groups is 7. The molecule has 0 aliphatic rings. The number of amides is 6. The molecule has 19 heteroatoms. The predicted molar refractivity (Wildman–Crippen MR) is 259 cm³/mol. The maximum atomic E-state index is 13.8. The zero-order valence-electron chi connectivity index (χ0n) is 41.2. The van der Waals surface area contributed by atoms with Crippen molar-refractivity contribution in [2.45, 2.75) is 155 Å². The maximum absolute atomic E-state index is 13.8. The Balaban J connectivity index is 2.11. The Morgan fingerprint density at radius 2 is 1.16 bits per heavy atom. The highest BCUT2D eigenvalue weighted by Gasteiger charge is 2.33. The number of benzene rings is 2. The Bertz CT molecular complexity index is 2130. The molecule has 5 atom stereocenters. The monoisotopic (exact) mass is 973 g/mol. The second-order valence-electron chi connectivity index (χ2n) is 17.9. The highest BCUT2D eigenvalue weighted by molar-refractivity contribution is 7.89. The molecular weight excluding hydrogens is 897 g/mol. The Hall–Kier alpha value is -5.56. The number of hydrogen-bond donors (Lipinski definition) is 7. The van der Waals surface area contributed by atoms with E-state index in [1.807, 2.05) is 4.72 Å².